The number of urea groups is 1. The van der Waals surface area contributed by atoms with E-state index < -0.39 is 0 Å². The van der Waals surface area contributed by atoms with Crippen LogP contribution in [-0.2, 0) is 0 Å². The number of benzene rings is 1. The van der Waals surface area contributed by atoms with E-state index in [9.17, 15) is 4.79 Å². The first-order valence-electron chi connectivity index (χ1n) is 8.18. The first-order chi connectivity index (χ1) is 10.3. The molecule has 1 aromatic carbocycles. The van der Waals surface area contributed by atoms with Gasteiger partial charge in [-0.2, -0.15) is 0 Å². The first-order valence-corrected chi connectivity index (χ1v) is 8.18. The minimum atomic E-state index is 0.0401. The quantitative estimate of drug-likeness (QED) is 0.907. The lowest BCUT2D eigenvalue weighted by molar-refractivity contribution is 0.104. The van der Waals surface area contributed by atoms with Crippen molar-refractivity contribution in [3.05, 3.63) is 30.3 Å². The number of carbonyl (C=O) groups is 1. The molecular weight excluding hydrogens is 262 g/mol. The molecule has 0 spiro atoms. The summed E-state index contributed by atoms with van der Waals surface area (Å²) in [4.78, 5) is 16.8. The van der Waals surface area contributed by atoms with Crippen LogP contribution in [0.15, 0.2) is 30.3 Å². The van der Waals surface area contributed by atoms with E-state index in [2.05, 4.69) is 10.2 Å². The van der Waals surface area contributed by atoms with Crippen molar-refractivity contribution in [2.24, 2.45) is 0 Å². The van der Waals surface area contributed by atoms with Gasteiger partial charge in [0.1, 0.15) is 0 Å². The highest BCUT2D eigenvalue weighted by atomic mass is 16.2. The summed E-state index contributed by atoms with van der Waals surface area (Å²) >= 11 is 0. The van der Waals surface area contributed by atoms with Crippen LogP contribution >= 0.6 is 0 Å². The Hall–Kier alpha value is -1.55. The van der Waals surface area contributed by atoms with Crippen LogP contribution in [-0.4, -0.2) is 48.1 Å². The van der Waals surface area contributed by atoms with E-state index in [1.54, 1.807) is 0 Å². The predicted octanol–water partition coefficient (Wildman–Crippen LogP) is 3.17. The molecule has 0 aliphatic carbocycles. The van der Waals surface area contributed by atoms with Crippen molar-refractivity contribution in [3.8, 4) is 0 Å². The highest BCUT2D eigenvalue weighted by Crippen LogP contribution is 2.21. The summed E-state index contributed by atoms with van der Waals surface area (Å²) in [5.74, 6) is 0. The number of carbonyl (C=O) groups excluding carboxylic acids is 1. The molecule has 0 atom stereocenters. The van der Waals surface area contributed by atoms with E-state index in [1.165, 1.54) is 32.4 Å². The molecule has 2 aliphatic heterocycles. The second-order valence-electron chi connectivity index (χ2n) is 6.11. The number of rotatable bonds is 2. The van der Waals surface area contributed by atoms with Crippen molar-refractivity contribution in [1.29, 1.82) is 0 Å². The molecule has 0 unspecified atom stereocenters. The Balaban J connectivity index is 1.47. The average Bonchev–Trinajstić information content (AvgIpc) is 2.57. The summed E-state index contributed by atoms with van der Waals surface area (Å²) in [5, 5.41) is 2.98. The van der Waals surface area contributed by atoms with Gasteiger partial charge in [0.25, 0.3) is 0 Å². The summed E-state index contributed by atoms with van der Waals surface area (Å²) in [6, 6.07) is 10.4. The van der Waals surface area contributed by atoms with Crippen molar-refractivity contribution in [1.82, 2.24) is 9.80 Å². The molecule has 0 radical (unpaired) electrons. The molecule has 2 aliphatic rings. The molecule has 1 aromatic rings. The number of hydrogen-bond acceptors (Lipinski definition) is 2. The summed E-state index contributed by atoms with van der Waals surface area (Å²) in [6.45, 7) is 4.25. The van der Waals surface area contributed by atoms with Crippen LogP contribution in [0.3, 0.4) is 0 Å². The van der Waals surface area contributed by atoms with Crippen molar-refractivity contribution in [2.75, 3.05) is 31.5 Å². The summed E-state index contributed by atoms with van der Waals surface area (Å²) < 4.78 is 0. The fraction of sp³-hybridized carbons (Fsp3) is 0.588. The second kappa shape index (κ2) is 6.94. The molecule has 2 fully saturated rings. The first kappa shape index (κ1) is 14.4. The Morgan fingerprint density at radius 2 is 1.62 bits per heavy atom. The van der Waals surface area contributed by atoms with Gasteiger partial charge in [-0.25, -0.2) is 4.79 Å². The maximum Gasteiger partial charge on any atom is 0.321 e. The molecule has 2 heterocycles. The molecule has 114 valence electrons. The predicted molar refractivity (Wildman–Crippen MR) is 85.5 cm³/mol. The molecule has 21 heavy (non-hydrogen) atoms. The van der Waals surface area contributed by atoms with Gasteiger partial charge in [-0.15, -0.1) is 0 Å². The number of hydrogen-bond donors (Lipinski definition) is 1. The van der Waals surface area contributed by atoms with Gasteiger partial charge in [-0.3, -0.25) is 0 Å². The van der Waals surface area contributed by atoms with Gasteiger partial charge in [0.2, 0.25) is 0 Å². The molecule has 3 rings (SSSR count). The van der Waals surface area contributed by atoms with E-state index >= 15 is 0 Å². The summed E-state index contributed by atoms with van der Waals surface area (Å²) in [7, 11) is 0. The third kappa shape index (κ3) is 3.76. The maximum atomic E-state index is 12.3. The third-order valence-corrected chi connectivity index (χ3v) is 4.68. The summed E-state index contributed by atoms with van der Waals surface area (Å²) in [5.41, 5.74) is 0.876. The van der Waals surface area contributed by atoms with E-state index in [0.29, 0.717) is 6.04 Å². The van der Waals surface area contributed by atoms with E-state index in [1.807, 2.05) is 35.2 Å². The zero-order valence-electron chi connectivity index (χ0n) is 12.6. The fourth-order valence-corrected chi connectivity index (χ4v) is 3.44. The minimum absolute atomic E-state index is 0.0401. The Bertz CT molecular complexity index is 448. The van der Waals surface area contributed by atoms with Gasteiger partial charge in [0, 0.05) is 24.8 Å². The number of piperidine rings is 2. The zero-order valence-corrected chi connectivity index (χ0v) is 12.6. The lowest BCUT2D eigenvalue weighted by atomic mass is 10.0. The van der Waals surface area contributed by atoms with Crippen LogP contribution in [0.4, 0.5) is 10.5 Å². The molecule has 0 bridgehead atoms. The third-order valence-electron chi connectivity index (χ3n) is 4.68. The van der Waals surface area contributed by atoms with Crippen LogP contribution in [0, 0.1) is 0 Å². The van der Waals surface area contributed by atoms with Crippen molar-refractivity contribution < 1.29 is 4.79 Å². The van der Waals surface area contributed by atoms with Crippen LogP contribution in [0.2, 0.25) is 0 Å². The number of nitrogens with zero attached hydrogens (tertiary/aromatic N) is 2. The van der Waals surface area contributed by atoms with Gasteiger partial charge >= 0.3 is 6.03 Å². The number of amides is 2. The van der Waals surface area contributed by atoms with Crippen LogP contribution < -0.4 is 5.32 Å². The van der Waals surface area contributed by atoms with Gasteiger partial charge in [0.05, 0.1) is 0 Å². The van der Waals surface area contributed by atoms with Crippen LogP contribution in [0.5, 0.6) is 0 Å². The molecule has 1 N–H and O–H groups in total. The molecule has 4 heteroatoms. The number of para-hydroxylation sites is 1. The second-order valence-corrected chi connectivity index (χ2v) is 6.11. The van der Waals surface area contributed by atoms with E-state index in [-0.39, 0.29) is 6.03 Å². The Labute approximate surface area is 127 Å². The lowest BCUT2D eigenvalue weighted by Gasteiger charge is -2.40. The molecular formula is C17H25N3O. The van der Waals surface area contributed by atoms with Gasteiger partial charge < -0.3 is 15.1 Å². The van der Waals surface area contributed by atoms with E-state index in [0.717, 1.165) is 31.6 Å². The smallest absolute Gasteiger partial charge is 0.321 e. The van der Waals surface area contributed by atoms with Crippen molar-refractivity contribution in [3.63, 3.8) is 0 Å². The van der Waals surface area contributed by atoms with Crippen LogP contribution in [0.1, 0.15) is 32.1 Å². The normalized spacial score (nSPS) is 21.2. The standard InChI is InChI=1S/C17H25N3O/c21-17(18-15-7-3-1-4-8-15)20-13-9-16(10-14-20)19-11-5-2-6-12-19/h1,3-4,7-8,16H,2,5-6,9-14H2,(H,18,21). The topological polar surface area (TPSA) is 35.6 Å². The fourth-order valence-electron chi connectivity index (χ4n) is 3.44. The maximum absolute atomic E-state index is 12.3. The number of nitrogens with one attached hydrogen (secondary N) is 1. The molecule has 2 saturated heterocycles. The van der Waals surface area contributed by atoms with E-state index in [4.69, 9.17) is 0 Å². The Morgan fingerprint density at radius 1 is 0.952 bits per heavy atom. The zero-order chi connectivity index (χ0) is 14.5. The molecule has 4 nitrogen and oxygen atoms in total. The van der Waals surface area contributed by atoms with Gasteiger partial charge in [-0.1, -0.05) is 24.6 Å². The Morgan fingerprint density at radius 3 is 2.29 bits per heavy atom. The average molecular weight is 287 g/mol. The highest BCUT2D eigenvalue weighted by molar-refractivity contribution is 5.89. The SMILES string of the molecule is O=C(Nc1ccccc1)N1CCC(N2CCCCC2)CC1. The molecule has 2 amide bonds. The minimum Gasteiger partial charge on any atom is -0.324 e. The summed E-state index contributed by atoms with van der Waals surface area (Å²) in [6.07, 6.45) is 6.29. The van der Waals surface area contributed by atoms with Crippen molar-refractivity contribution >= 4 is 11.7 Å². The lowest BCUT2D eigenvalue weighted by Crippen LogP contribution is -2.49. The van der Waals surface area contributed by atoms with Gasteiger partial charge in [-0.05, 0) is 50.9 Å². The van der Waals surface area contributed by atoms with Gasteiger partial charge in [0.15, 0.2) is 0 Å². The number of anilines is 1. The molecule has 0 aromatic heterocycles. The monoisotopic (exact) mass is 287 g/mol. The highest BCUT2D eigenvalue weighted by Gasteiger charge is 2.27. The molecule has 0 saturated carbocycles. The number of likely N-dealkylation sites (tertiary alicyclic amines) is 2. The van der Waals surface area contributed by atoms with Crippen molar-refractivity contribution in [2.45, 2.75) is 38.1 Å². The Kier molecular flexibility index (Phi) is 4.76. The van der Waals surface area contributed by atoms with Crippen LogP contribution in [0.25, 0.3) is 0 Å². The largest absolute Gasteiger partial charge is 0.324 e.